The molecule has 0 fully saturated rings. The smallest absolute Gasteiger partial charge is 0.326 e. The Balaban J connectivity index is 1.67. The van der Waals surface area contributed by atoms with E-state index in [1.807, 2.05) is 36.6 Å². The maximum absolute atomic E-state index is 13.0. The molecule has 0 bridgehead atoms. The predicted molar refractivity (Wildman–Crippen MR) is 111 cm³/mol. The van der Waals surface area contributed by atoms with Crippen molar-refractivity contribution in [1.82, 2.24) is 14.3 Å². The monoisotopic (exact) mass is 430 g/mol. The van der Waals surface area contributed by atoms with Gasteiger partial charge in [-0.15, -0.1) is 0 Å². The maximum atomic E-state index is 13.0. The summed E-state index contributed by atoms with van der Waals surface area (Å²) in [6.07, 6.45) is 3.21. The number of hydrogen-bond donors (Lipinski definition) is 1. The number of nitrogens with one attached hydrogen (secondary N) is 1. The Kier molecular flexibility index (Phi) is 5.20. The van der Waals surface area contributed by atoms with E-state index >= 15 is 0 Å². The van der Waals surface area contributed by atoms with Crippen LogP contribution in [0.5, 0.6) is 5.75 Å². The Morgan fingerprint density at radius 1 is 1.14 bits per heavy atom. The molecule has 1 N–H and O–H groups in total. The van der Waals surface area contributed by atoms with Crippen LogP contribution < -0.4 is 13.8 Å². The first-order valence-electron chi connectivity index (χ1n) is 8.75. The van der Waals surface area contributed by atoms with Crippen molar-refractivity contribution in [3.8, 4) is 11.4 Å². The summed E-state index contributed by atoms with van der Waals surface area (Å²) in [4.78, 5) is 17.2. The summed E-state index contributed by atoms with van der Waals surface area (Å²) in [5, 5.41) is 0.579. The molecule has 0 radical (unpaired) electrons. The molecule has 0 unspecified atom stereocenters. The Hall–Kier alpha value is -2.98. The third kappa shape index (κ3) is 3.68. The van der Waals surface area contributed by atoms with E-state index in [0.717, 1.165) is 4.31 Å². The van der Waals surface area contributed by atoms with Gasteiger partial charge in [0.05, 0.1) is 18.4 Å². The van der Waals surface area contributed by atoms with Gasteiger partial charge in [-0.2, -0.15) is 8.42 Å². The number of benzene rings is 2. The van der Waals surface area contributed by atoms with Crippen molar-refractivity contribution in [1.29, 1.82) is 0 Å². The number of amides is 1. The maximum Gasteiger partial charge on any atom is 0.326 e. The number of rotatable bonds is 5. The molecular weight excluding hydrogens is 412 g/mol. The number of nitrogens with zero attached hydrogens (tertiary/aromatic N) is 3. The average molecular weight is 431 g/mol. The molecule has 0 saturated heterocycles. The molecule has 0 saturated carbocycles. The van der Waals surface area contributed by atoms with Crippen molar-refractivity contribution in [3.63, 3.8) is 0 Å². The van der Waals surface area contributed by atoms with Gasteiger partial charge >= 0.3 is 10.2 Å². The molecule has 10 heteroatoms. The van der Waals surface area contributed by atoms with Gasteiger partial charge < -0.3 is 4.74 Å². The highest BCUT2D eigenvalue weighted by molar-refractivity contribution is 7.98. The Morgan fingerprint density at radius 2 is 1.86 bits per heavy atom. The van der Waals surface area contributed by atoms with Crippen LogP contribution in [0.1, 0.15) is 10.5 Å². The number of thioether (sulfide) groups is 1. The molecule has 1 aliphatic heterocycles. The van der Waals surface area contributed by atoms with Crippen molar-refractivity contribution >= 4 is 33.6 Å². The molecule has 2 heterocycles. The van der Waals surface area contributed by atoms with Crippen molar-refractivity contribution in [2.75, 3.05) is 23.7 Å². The van der Waals surface area contributed by atoms with Gasteiger partial charge in [-0.05, 0) is 30.5 Å². The minimum Gasteiger partial charge on any atom is -0.489 e. The lowest BCUT2D eigenvalue weighted by molar-refractivity contribution is 0.0974. The first kappa shape index (κ1) is 19.3. The first-order valence-corrected chi connectivity index (χ1v) is 11.4. The van der Waals surface area contributed by atoms with E-state index in [0.29, 0.717) is 22.3 Å². The number of imidazole rings is 1. The third-order valence-electron chi connectivity index (χ3n) is 4.36. The summed E-state index contributed by atoms with van der Waals surface area (Å²) < 4.78 is 36.4. The second-order valence-electron chi connectivity index (χ2n) is 6.13. The highest BCUT2D eigenvalue weighted by atomic mass is 32.2. The Morgan fingerprint density at radius 3 is 2.62 bits per heavy atom. The fraction of sp³-hybridized carbons (Fsp3) is 0.158. The summed E-state index contributed by atoms with van der Waals surface area (Å²) in [5.74, 6) is -0.304. The standard InChI is InChI=1S/C19H18N4O4S2/c1-28-19-20-13-16(23(19)14-7-3-2-4-8-14)18(24)21-29(25,26)22-11-12-27-17-10-6-5-9-15(17)22/h2-10,13H,11-12H2,1H3,(H,21,24). The molecule has 0 aliphatic carbocycles. The molecule has 150 valence electrons. The number of fused-ring (bicyclic) bond motifs is 1. The molecule has 1 aliphatic rings. The Labute approximate surface area is 172 Å². The van der Waals surface area contributed by atoms with Crippen LogP contribution in [-0.4, -0.2) is 43.3 Å². The van der Waals surface area contributed by atoms with E-state index in [4.69, 9.17) is 4.74 Å². The van der Waals surface area contributed by atoms with Crippen LogP contribution in [0, 0.1) is 0 Å². The van der Waals surface area contributed by atoms with Gasteiger partial charge in [0.25, 0.3) is 5.91 Å². The number of aromatic nitrogens is 2. The summed E-state index contributed by atoms with van der Waals surface area (Å²) >= 11 is 1.36. The van der Waals surface area contributed by atoms with Gasteiger partial charge in [0.1, 0.15) is 18.1 Å². The molecule has 1 amide bonds. The van der Waals surface area contributed by atoms with Gasteiger partial charge in [-0.25, -0.2) is 14.0 Å². The number of carbonyl (C=O) groups excluding carboxylic acids is 1. The second-order valence-corrected chi connectivity index (χ2v) is 8.49. The lowest BCUT2D eigenvalue weighted by Gasteiger charge is -2.30. The summed E-state index contributed by atoms with van der Waals surface area (Å²) in [7, 11) is -4.13. The van der Waals surface area contributed by atoms with Crippen molar-refractivity contribution in [2.24, 2.45) is 0 Å². The van der Waals surface area contributed by atoms with Gasteiger partial charge in [0.15, 0.2) is 5.16 Å². The molecule has 29 heavy (non-hydrogen) atoms. The minimum atomic E-state index is -4.13. The average Bonchev–Trinajstić information content (AvgIpc) is 3.18. The van der Waals surface area contributed by atoms with Crippen LogP contribution in [0.15, 0.2) is 66.0 Å². The fourth-order valence-electron chi connectivity index (χ4n) is 3.08. The van der Waals surface area contributed by atoms with E-state index < -0.39 is 16.1 Å². The topological polar surface area (TPSA) is 93.5 Å². The van der Waals surface area contributed by atoms with Crippen LogP contribution >= 0.6 is 11.8 Å². The zero-order valence-corrected chi connectivity index (χ0v) is 17.1. The lowest BCUT2D eigenvalue weighted by atomic mass is 10.2. The Bertz CT molecular complexity index is 1150. The van der Waals surface area contributed by atoms with Crippen LogP contribution in [0.2, 0.25) is 0 Å². The normalized spacial score (nSPS) is 13.5. The van der Waals surface area contributed by atoms with Crippen LogP contribution in [0.3, 0.4) is 0 Å². The van der Waals surface area contributed by atoms with Gasteiger partial charge in [0, 0.05) is 5.69 Å². The molecule has 0 atom stereocenters. The quantitative estimate of drug-likeness (QED) is 0.625. The van der Waals surface area contributed by atoms with Crippen LogP contribution in [0.4, 0.5) is 5.69 Å². The fourth-order valence-corrected chi connectivity index (χ4v) is 4.80. The zero-order valence-electron chi connectivity index (χ0n) is 15.5. The molecule has 1 aromatic heterocycles. The molecule has 3 aromatic rings. The molecule has 0 spiro atoms. The van der Waals surface area contributed by atoms with E-state index in [1.54, 1.807) is 28.8 Å². The van der Waals surface area contributed by atoms with Crippen LogP contribution in [-0.2, 0) is 10.2 Å². The molecule has 8 nitrogen and oxygen atoms in total. The number of para-hydroxylation sites is 3. The zero-order chi connectivity index (χ0) is 20.4. The van der Waals surface area contributed by atoms with E-state index in [1.165, 1.54) is 18.0 Å². The van der Waals surface area contributed by atoms with Crippen molar-refractivity contribution in [3.05, 3.63) is 66.5 Å². The lowest BCUT2D eigenvalue weighted by Crippen LogP contribution is -2.47. The highest BCUT2D eigenvalue weighted by Crippen LogP contribution is 2.32. The van der Waals surface area contributed by atoms with Crippen molar-refractivity contribution < 1.29 is 17.9 Å². The predicted octanol–water partition coefficient (Wildman–Crippen LogP) is 2.47. The summed E-state index contributed by atoms with van der Waals surface area (Å²) in [6.45, 7) is 0.304. The SMILES string of the molecule is CSc1ncc(C(=O)NS(=O)(=O)N2CCOc3ccccc32)n1-c1ccccc1. The number of hydrogen-bond acceptors (Lipinski definition) is 6. The second kappa shape index (κ2) is 7.80. The molecule has 2 aromatic carbocycles. The first-order chi connectivity index (χ1) is 14.0. The summed E-state index contributed by atoms with van der Waals surface area (Å²) in [6, 6.07) is 16.0. The van der Waals surface area contributed by atoms with Crippen molar-refractivity contribution in [2.45, 2.75) is 5.16 Å². The van der Waals surface area contributed by atoms with E-state index in [9.17, 15) is 13.2 Å². The van der Waals surface area contributed by atoms with E-state index in [2.05, 4.69) is 9.71 Å². The van der Waals surface area contributed by atoms with Gasteiger partial charge in [-0.3, -0.25) is 9.36 Å². The largest absolute Gasteiger partial charge is 0.489 e. The van der Waals surface area contributed by atoms with E-state index in [-0.39, 0.29) is 18.8 Å². The number of carbonyl (C=O) groups is 1. The highest BCUT2D eigenvalue weighted by Gasteiger charge is 2.31. The van der Waals surface area contributed by atoms with Crippen LogP contribution in [0.25, 0.3) is 5.69 Å². The number of ether oxygens (including phenoxy) is 1. The third-order valence-corrected chi connectivity index (χ3v) is 6.41. The molecular formula is C19H18N4O4S2. The number of anilines is 1. The van der Waals surface area contributed by atoms with Gasteiger partial charge in [-0.1, -0.05) is 42.1 Å². The van der Waals surface area contributed by atoms with Gasteiger partial charge in [0.2, 0.25) is 0 Å². The minimum absolute atomic E-state index is 0.105. The molecule has 4 rings (SSSR count). The summed E-state index contributed by atoms with van der Waals surface area (Å²) in [5.41, 5.74) is 1.24.